The Hall–Kier alpha value is -2.07. The number of thioether (sulfide) groups is 1. The molecule has 0 aromatic heterocycles. The number of hydrogen-bond acceptors (Lipinski definition) is 6. The monoisotopic (exact) mass is 238 g/mol. The zero-order valence-electron chi connectivity index (χ0n) is 7.91. The number of hydrogen-bond donors (Lipinski definition) is 1. The maximum atomic E-state index is 11.4. The Kier molecular flexibility index (Phi) is 3.85. The molecule has 0 aliphatic heterocycles. The van der Waals surface area contributed by atoms with Gasteiger partial charge in [0.05, 0.1) is 10.7 Å². The van der Waals surface area contributed by atoms with Gasteiger partial charge in [-0.15, -0.1) is 0 Å². The van der Waals surface area contributed by atoms with Gasteiger partial charge in [0.2, 0.25) is 0 Å². The Balaban J connectivity index is 2.93. The predicted octanol–water partition coefficient (Wildman–Crippen LogP) is 1.70. The molecule has 0 unspecified atom stereocenters. The average Bonchev–Trinajstić information content (AvgIpc) is 2.25. The first kappa shape index (κ1) is 12.0. The van der Waals surface area contributed by atoms with E-state index < -0.39 is 16.4 Å². The third-order valence-corrected chi connectivity index (χ3v) is 2.30. The van der Waals surface area contributed by atoms with E-state index in [1.165, 1.54) is 6.07 Å². The summed E-state index contributed by atoms with van der Waals surface area (Å²) in [4.78, 5) is 21.0. The Morgan fingerprint density at radius 2 is 2.31 bits per heavy atom. The Bertz CT molecular complexity index is 481. The number of nitriles is 1. The summed E-state index contributed by atoms with van der Waals surface area (Å²) in [5, 5.41) is 29.7. The lowest BCUT2D eigenvalue weighted by molar-refractivity contribution is -0.385. The Morgan fingerprint density at radius 1 is 1.62 bits per heavy atom. The van der Waals surface area contributed by atoms with Crippen molar-refractivity contribution >= 4 is 23.2 Å². The number of aromatic hydroxyl groups is 1. The number of carbonyl (C=O) groups excluding carboxylic acids is 1. The van der Waals surface area contributed by atoms with Gasteiger partial charge in [0, 0.05) is 11.6 Å². The molecule has 0 amide bonds. The highest BCUT2D eigenvalue weighted by molar-refractivity contribution is 8.04. The topological polar surface area (TPSA) is 104 Å². The van der Waals surface area contributed by atoms with Crippen LogP contribution in [0.2, 0.25) is 0 Å². The van der Waals surface area contributed by atoms with E-state index in [1.54, 1.807) is 5.40 Å². The largest absolute Gasteiger partial charge is 0.502 e. The number of Topliss-reactive ketones (excluding diaryl/α,β-unsaturated/α-hetero) is 1. The number of ketones is 1. The normalized spacial score (nSPS) is 9.44. The van der Waals surface area contributed by atoms with Crippen LogP contribution < -0.4 is 0 Å². The molecule has 0 saturated carbocycles. The van der Waals surface area contributed by atoms with Crippen LogP contribution in [0.25, 0.3) is 0 Å². The van der Waals surface area contributed by atoms with Gasteiger partial charge in [-0.2, -0.15) is 5.26 Å². The van der Waals surface area contributed by atoms with Gasteiger partial charge < -0.3 is 5.11 Å². The van der Waals surface area contributed by atoms with Crippen LogP contribution in [-0.4, -0.2) is 21.6 Å². The minimum Gasteiger partial charge on any atom is -0.502 e. The summed E-state index contributed by atoms with van der Waals surface area (Å²) in [6.07, 6.45) is 0. The number of rotatable bonds is 4. The minimum absolute atomic E-state index is 0.0479. The second kappa shape index (κ2) is 5.14. The number of carbonyl (C=O) groups is 1. The molecular formula is C9H6N2O4S. The molecule has 0 aliphatic carbocycles. The van der Waals surface area contributed by atoms with Gasteiger partial charge in [-0.05, 0) is 23.9 Å². The summed E-state index contributed by atoms with van der Waals surface area (Å²) in [5.41, 5.74) is -0.310. The van der Waals surface area contributed by atoms with E-state index in [-0.39, 0.29) is 17.1 Å². The van der Waals surface area contributed by atoms with Gasteiger partial charge in [-0.1, -0.05) is 0 Å². The summed E-state index contributed by atoms with van der Waals surface area (Å²) < 4.78 is 0. The van der Waals surface area contributed by atoms with Crippen LogP contribution in [0.1, 0.15) is 10.4 Å². The van der Waals surface area contributed by atoms with Crippen molar-refractivity contribution in [3.8, 4) is 11.2 Å². The first-order chi connectivity index (χ1) is 7.56. The lowest BCUT2D eigenvalue weighted by Crippen LogP contribution is -2.02. The molecule has 0 heterocycles. The van der Waals surface area contributed by atoms with Crippen molar-refractivity contribution in [2.75, 3.05) is 5.75 Å². The van der Waals surface area contributed by atoms with E-state index in [4.69, 9.17) is 5.26 Å². The second-order valence-corrected chi connectivity index (χ2v) is 3.52. The summed E-state index contributed by atoms with van der Waals surface area (Å²) >= 11 is 0.768. The molecule has 1 N–H and O–H groups in total. The third-order valence-electron chi connectivity index (χ3n) is 1.76. The molecule has 0 fully saturated rings. The molecule has 0 saturated heterocycles. The highest BCUT2D eigenvalue weighted by Gasteiger charge is 2.15. The molecule has 1 aromatic carbocycles. The van der Waals surface area contributed by atoms with Crippen LogP contribution in [-0.2, 0) is 0 Å². The van der Waals surface area contributed by atoms with Crippen molar-refractivity contribution in [3.63, 3.8) is 0 Å². The first-order valence-electron chi connectivity index (χ1n) is 4.07. The smallest absolute Gasteiger partial charge is 0.310 e. The SMILES string of the molecule is N#CSCC(=O)c1ccc([N+](=O)[O-])c(O)c1. The molecule has 6 nitrogen and oxygen atoms in total. The molecule has 1 rings (SSSR count). The van der Waals surface area contributed by atoms with E-state index in [1.807, 2.05) is 0 Å². The summed E-state index contributed by atoms with van der Waals surface area (Å²) in [6.45, 7) is 0. The zero-order valence-corrected chi connectivity index (χ0v) is 8.73. The van der Waals surface area contributed by atoms with Gasteiger partial charge in [0.25, 0.3) is 0 Å². The highest BCUT2D eigenvalue weighted by atomic mass is 32.2. The van der Waals surface area contributed by atoms with Crippen LogP contribution in [0, 0.1) is 20.8 Å². The van der Waals surface area contributed by atoms with Crippen LogP contribution in [0.3, 0.4) is 0 Å². The van der Waals surface area contributed by atoms with E-state index in [2.05, 4.69) is 0 Å². The maximum Gasteiger partial charge on any atom is 0.310 e. The Labute approximate surface area is 94.7 Å². The number of nitro groups is 1. The maximum absolute atomic E-state index is 11.4. The summed E-state index contributed by atoms with van der Waals surface area (Å²) in [5.74, 6) is -0.970. The molecule has 1 aromatic rings. The highest BCUT2D eigenvalue weighted by Crippen LogP contribution is 2.26. The quantitative estimate of drug-likeness (QED) is 0.370. The van der Waals surface area contributed by atoms with Gasteiger partial charge >= 0.3 is 5.69 Å². The van der Waals surface area contributed by atoms with Crippen LogP contribution in [0.4, 0.5) is 5.69 Å². The van der Waals surface area contributed by atoms with Crippen molar-refractivity contribution < 1.29 is 14.8 Å². The molecule has 0 bridgehead atoms. The molecule has 0 atom stereocenters. The van der Waals surface area contributed by atoms with Gasteiger partial charge in [-0.25, -0.2) is 0 Å². The molecule has 16 heavy (non-hydrogen) atoms. The zero-order chi connectivity index (χ0) is 12.1. The third kappa shape index (κ3) is 2.71. The fourth-order valence-electron chi connectivity index (χ4n) is 1.03. The van der Waals surface area contributed by atoms with Crippen molar-refractivity contribution in [2.45, 2.75) is 0 Å². The number of phenolic OH excluding ortho intramolecular Hbond substituents is 1. The van der Waals surface area contributed by atoms with Crippen LogP contribution >= 0.6 is 11.8 Å². The number of phenols is 1. The molecular weight excluding hydrogens is 232 g/mol. The number of benzene rings is 1. The van der Waals surface area contributed by atoms with E-state index in [0.29, 0.717) is 0 Å². The van der Waals surface area contributed by atoms with E-state index >= 15 is 0 Å². The van der Waals surface area contributed by atoms with Gasteiger partial charge in [0.15, 0.2) is 11.5 Å². The van der Waals surface area contributed by atoms with Crippen molar-refractivity contribution in [1.29, 1.82) is 5.26 Å². The molecule has 0 radical (unpaired) electrons. The van der Waals surface area contributed by atoms with E-state index in [9.17, 15) is 20.0 Å². The first-order valence-corrected chi connectivity index (χ1v) is 5.06. The van der Waals surface area contributed by atoms with Gasteiger partial charge in [-0.3, -0.25) is 14.9 Å². The average molecular weight is 238 g/mol. The second-order valence-electron chi connectivity index (χ2n) is 2.76. The van der Waals surface area contributed by atoms with E-state index in [0.717, 1.165) is 23.9 Å². The summed E-state index contributed by atoms with van der Waals surface area (Å²) in [6, 6.07) is 3.33. The van der Waals surface area contributed by atoms with Crippen LogP contribution in [0.5, 0.6) is 5.75 Å². The number of thiocyanates is 1. The van der Waals surface area contributed by atoms with Crippen molar-refractivity contribution in [2.24, 2.45) is 0 Å². The Morgan fingerprint density at radius 3 is 2.81 bits per heavy atom. The number of nitro benzene ring substituents is 1. The summed E-state index contributed by atoms with van der Waals surface area (Å²) in [7, 11) is 0. The fraction of sp³-hybridized carbons (Fsp3) is 0.111. The van der Waals surface area contributed by atoms with Crippen molar-refractivity contribution in [1.82, 2.24) is 0 Å². The molecule has 7 heteroatoms. The number of nitrogens with zero attached hydrogens (tertiary/aromatic N) is 2. The molecule has 0 aliphatic rings. The molecule has 0 spiro atoms. The lowest BCUT2D eigenvalue weighted by Gasteiger charge is -1.99. The van der Waals surface area contributed by atoms with Gasteiger partial charge in [0.1, 0.15) is 5.40 Å². The predicted molar refractivity (Wildman–Crippen MR) is 57.2 cm³/mol. The van der Waals surface area contributed by atoms with Crippen LogP contribution in [0.15, 0.2) is 18.2 Å². The lowest BCUT2D eigenvalue weighted by atomic mass is 10.1. The minimum atomic E-state index is -0.742. The fourth-order valence-corrected chi connectivity index (χ4v) is 1.39. The molecule has 82 valence electrons. The van der Waals surface area contributed by atoms with Crippen molar-refractivity contribution in [3.05, 3.63) is 33.9 Å². The standard InChI is InChI=1S/C9H6N2O4S/c10-5-16-4-9(13)6-1-2-7(11(14)15)8(12)3-6/h1-3,12H,4H2.